The molecule has 0 aromatic heterocycles. The molecule has 1 saturated heterocycles. The van der Waals surface area contributed by atoms with Crippen molar-refractivity contribution in [2.75, 3.05) is 33.3 Å². The fourth-order valence-corrected chi connectivity index (χ4v) is 5.15. The van der Waals surface area contributed by atoms with Gasteiger partial charge in [0, 0.05) is 18.7 Å². The van der Waals surface area contributed by atoms with Gasteiger partial charge in [0.15, 0.2) is 0 Å². The average Bonchev–Trinajstić information content (AvgIpc) is 2.80. The van der Waals surface area contributed by atoms with Crippen molar-refractivity contribution in [1.82, 2.24) is 14.9 Å². The first-order valence-electron chi connectivity index (χ1n) is 11.1. The fraction of sp³-hybridized carbons (Fsp3) is 0.458. The van der Waals surface area contributed by atoms with E-state index in [0.717, 1.165) is 42.8 Å². The normalized spacial score (nSPS) is 15.8. The standard InChI is InChI=1S/C24H33N3O4S/c1-4-26-32(29,30)21-13-8-18(2)22(16-21)24(28)25-17-23(27-14-6-5-7-15-27)19-9-11-20(31-3)12-10-19/h8-13,16,23,26H,4-7,14-15,17H2,1-3H3,(H,25,28). The summed E-state index contributed by atoms with van der Waals surface area (Å²) in [5.74, 6) is 0.524. The van der Waals surface area contributed by atoms with E-state index in [1.807, 2.05) is 31.2 Å². The summed E-state index contributed by atoms with van der Waals surface area (Å²) >= 11 is 0. The van der Waals surface area contributed by atoms with Crippen molar-refractivity contribution in [1.29, 1.82) is 0 Å². The first-order valence-corrected chi connectivity index (χ1v) is 12.6. The van der Waals surface area contributed by atoms with E-state index in [2.05, 4.69) is 14.9 Å². The molecular formula is C24H33N3O4S. The number of carbonyl (C=O) groups excluding carboxylic acids is 1. The zero-order valence-electron chi connectivity index (χ0n) is 19.1. The Balaban J connectivity index is 1.80. The van der Waals surface area contributed by atoms with E-state index in [1.54, 1.807) is 20.1 Å². The number of nitrogens with one attached hydrogen (secondary N) is 2. The highest BCUT2D eigenvalue weighted by atomic mass is 32.2. The van der Waals surface area contributed by atoms with Crippen LogP contribution in [0.2, 0.25) is 0 Å². The Morgan fingerprint density at radius 1 is 1.09 bits per heavy atom. The maximum absolute atomic E-state index is 13.1. The van der Waals surface area contributed by atoms with Gasteiger partial charge in [0.05, 0.1) is 18.0 Å². The summed E-state index contributed by atoms with van der Waals surface area (Å²) in [5.41, 5.74) is 2.22. The number of ether oxygens (including phenoxy) is 1. The zero-order valence-corrected chi connectivity index (χ0v) is 19.9. The number of aryl methyl sites for hydroxylation is 1. The summed E-state index contributed by atoms with van der Waals surface area (Å²) in [6.07, 6.45) is 3.51. The largest absolute Gasteiger partial charge is 0.497 e. The van der Waals surface area contributed by atoms with Crippen LogP contribution in [0.1, 0.15) is 53.7 Å². The molecule has 2 N–H and O–H groups in total. The molecule has 1 aliphatic rings. The van der Waals surface area contributed by atoms with Crippen molar-refractivity contribution >= 4 is 15.9 Å². The van der Waals surface area contributed by atoms with E-state index in [9.17, 15) is 13.2 Å². The third kappa shape index (κ3) is 5.88. The second-order valence-corrected chi connectivity index (χ2v) is 9.84. The fourth-order valence-electron chi connectivity index (χ4n) is 4.08. The van der Waals surface area contributed by atoms with Gasteiger partial charge < -0.3 is 10.1 Å². The third-order valence-corrected chi connectivity index (χ3v) is 7.43. The van der Waals surface area contributed by atoms with Crippen LogP contribution in [0.15, 0.2) is 47.4 Å². The molecule has 0 spiro atoms. The maximum Gasteiger partial charge on any atom is 0.251 e. The first-order chi connectivity index (χ1) is 15.4. The molecule has 1 atom stereocenters. The van der Waals surface area contributed by atoms with Gasteiger partial charge in [-0.2, -0.15) is 0 Å². The number of rotatable bonds is 9. The molecule has 1 heterocycles. The average molecular weight is 460 g/mol. The zero-order chi connectivity index (χ0) is 23.1. The summed E-state index contributed by atoms with van der Waals surface area (Å²) in [6, 6.07) is 12.6. The Kier molecular flexibility index (Phi) is 8.28. The van der Waals surface area contributed by atoms with Crippen LogP contribution in [0.5, 0.6) is 5.75 Å². The van der Waals surface area contributed by atoms with Crippen LogP contribution in [-0.2, 0) is 10.0 Å². The highest BCUT2D eigenvalue weighted by molar-refractivity contribution is 7.89. The number of methoxy groups -OCH3 is 1. The predicted molar refractivity (Wildman–Crippen MR) is 126 cm³/mol. The molecule has 0 aliphatic carbocycles. The summed E-state index contributed by atoms with van der Waals surface area (Å²) in [4.78, 5) is 15.6. The molecule has 1 fully saturated rings. The van der Waals surface area contributed by atoms with Gasteiger partial charge in [0.25, 0.3) is 5.91 Å². The van der Waals surface area contributed by atoms with Gasteiger partial charge in [0.1, 0.15) is 5.75 Å². The molecule has 3 rings (SSSR count). The lowest BCUT2D eigenvalue weighted by atomic mass is 10.0. The molecule has 174 valence electrons. The van der Waals surface area contributed by atoms with E-state index < -0.39 is 10.0 Å². The second kappa shape index (κ2) is 10.9. The summed E-state index contributed by atoms with van der Waals surface area (Å²) in [6.45, 7) is 6.24. The van der Waals surface area contributed by atoms with Crippen LogP contribution in [0.3, 0.4) is 0 Å². The lowest BCUT2D eigenvalue weighted by Gasteiger charge is -2.35. The summed E-state index contributed by atoms with van der Waals surface area (Å²) in [7, 11) is -1.99. The molecule has 7 nitrogen and oxygen atoms in total. The van der Waals surface area contributed by atoms with Crippen molar-refractivity contribution in [3.63, 3.8) is 0 Å². The first kappa shape index (κ1) is 24.2. The molecule has 32 heavy (non-hydrogen) atoms. The van der Waals surface area contributed by atoms with Crippen LogP contribution in [0.25, 0.3) is 0 Å². The highest BCUT2D eigenvalue weighted by Gasteiger charge is 2.24. The smallest absolute Gasteiger partial charge is 0.251 e. The van der Waals surface area contributed by atoms with E-state index in [4.69, 9.17) is 4.74 Å². The molecule has 2 aromatic carbocycles. The molecule has 1 amide bonds. The number of hydrogen-bond acceptors (Lipinski definition) is 5. The van der Waals surface area contributed by atoms with Crippen molar-refractivity contribution in [2.45, 2.75) is 44.0 Å². The van der Waals surface area contributed by atoms with Gasteiger partial charge in [-0.15, -0.1) is 0 Å². The third-order valence-electron chi connectivity index (χ3n) is 5.89. The quantitative estimate of drug-likeness (QED) is 0.601. The Morgan fingerprint density at radius 3 is 2.41 bits per heavy atom. The van der Waals surface area contributed by atoms with Crippen molar-refractivity contribution in [3.8, 4) is 5.75 Å². The molecule has 0 saturated carbocycles. The van der Waals surface area contributed by atoms with E-state index >= 15 is 0 Å². The number of carbonyl (C=O) groups is 1. The van der Waals surface area contributed by atoms with Crippen LogP contribution in [0.4, 0.5) is 0 Å². The minimum atomic E-state index is -3.63. The number of piperidine rings is 1. The number of hydrogen-bond donors (Lipinski definition) is 2. The number of amides is 1. The van der Waals surface area contributed by atoms with Crippen LogP contribution < -0.4 is 14.8 Å². The molecule has 0 radical (unpaired) electrons. The van der Waals surface area contributed by atoms with E-state index in [-0.39, 0.29) is 23.4 Å². The van der Waals surface area contributed by atoms with Crippen LogP contribution in [0, 0.1) is 6.92 Å². The summed E-state index contributed by atoms with van der Waals surface area (Å²) < 4.78 is 32.5. The number of benzene rings is 2. The minimum absolute atomic E-state index is 0.0409. The summed E-state index contributed by atoms with van der Waals surface area (Å²) in [5, 5.41) is 3.05. The number of nitrogens with zero attached hydrogens (tertiary/aromatic N) is 1. The van der Waals surface area contributed by atoms with E-state index in [1.165, 1.54) is 18.6 Å². The van der Waals surface area contributed by atoms with Crippen LogP contribution in [-0.4, -0.2) is 52.5 Å². The van der Waals surface area contributed by atoms with Crippen LogP contribution >= 0.6 is 0 Å². The molecule has 1 unspecified atom stereocenters. The molecule has 1 aliphatic heterocycles. The molecular weight excluding hydrogens is 426 g/mol. The monoisotopic (exact) mass is 459 g/mol. The predicted octanol–water partition coefficient (Wildman–Crippen LogP) is 3.26. The number of sulfonamides is 1. The van der Waals surface area contributed by atoms with Gasteiger partial charge in [-0.25, -0.2) is 13.1 Å². The second-order valence-electron chi connectivity index (χ2n) is 8.07. The van der Waals surface area contributed by atoms with Gasteiger partial charge in [-0.05, 0) is 68.2 Å². The topological polar surface area (TPSA) is 87.7 Å². The molecule has 8 heteroatoms. The van der Waals surface area contributed by atoms with Crippen molar-refractivity contribution in [2.24, 2.45) is 0 Å². The lowest BCUT2D eigenvalue weighted by molar-refractivity contribution is 0.0923. The maximum atomic E-state index is 13.1. The van der Waals surface area contributed by atoms with Gasteiger partial charge >= 0.3 is 0 Å². The molecule has 2 aromatic rings. The Hall–Kier alpha value is -2.42. The number of likely N-dealkylation sites (tertiary alicyclic amines) is 1. The lowest BCUT2D eigenvalue weighted by Crippen LogP contribution is -2.40. The van der Waals surface area contributed by atoms with Gasteiger partial charge in [-0.1, -0.05) is 31.5 Å². The Morgan fingerprint density at radius 2 is 1.78 bits per heavy atom. The minimum Gasteiger partial charge on any atom is -0.497 e. The Bertz CT molecular complexity index is 1020. The SMILES string of the molecule is CCNS(=O)(=O)c1ccc(C)c(C(=O)NCC(c2ccc(OC)cc2)N2CCCCC2)c1. The Labute approximate surface area is 191 Å². The van der Waals surface area contributed by atoms with Gasteiger partial charge in [-0.3, -0.25) is 9.69 Å². The van der Waals surface area contributed by atoms with Crippen molar-refractivity contribution in [3.05, 3.63) is 59.2 Å². The van der Waals surface area contributed by atoms with E-state index in [0.29, 0.717) is 12.1 Å². The molecule has 0 bridgehead atoms. The van der Waals surface area contributed by atoms with Crippen molar-refractivity contribution < 1.29 is 17.9 Å². The van der Waals surface area contributed by atoms with Gasteiger partial charge in [0.2, 0.25) is 10.0 Å². The highest BCUT2D eigenvalue weighted by Crippen LogP contribution is 2.26.